The Labute approximate surface area is 141 Å². The first kappa shape index (κ1) is 15.1. The molecule has 0 amide bonds. The molecule has 2 aromatic carbocycles. The minimum absolute atomic E-state index is 0.199. The molecule has 4 rings (SSSR count). The molecule has 2 atom stereocenters. The van der Waals surface area contributed by atoms with Crippen LogP contribution in [0.2, 0.25) is 0 Å². The summed E-state index contributed by atoms with van der Waals surface area (Å²) in [6.45, 7) is 2.67. The Kier molecular flexibility index (Phi) is 3.53. The average molecular weight is 327 g/mol. The molecule has 126 valence electrons. The van der Waals surface area contributed by atoms with E-state index in [0.29, 0.717) is 5.75 Å². The normalized spacial score (nSPS) is 20.8. The molecule has 2 aliphatic rings. The van der Waals surface area contributed by atoms with Gasteiger partial charge in [-0.15, -0.1) is 0 Å². The number of rotatable bonds is 3. The molecule has 0 fully saturated rings. The summed E-state index contributed by atoms with van der Waals surface area (Å²) in [4.78, 5) is 2.40. The predicted molar refractivity (Wildman–Crippen MR) is 90.2 cm³/mol. The number of methoxy groups -OCH3 is 3. The maximum absolute atomic E-state index is 10.1. The molecule has 0 aromatic heterocycles. The van der Waals surface area contributed by atoms with Crippen LogP contribution in [0.3, 0.4) is 0 Å². The summed E-state index contributed by atoms with van der Waals surface area (Å²) in [5.41, 5.74) is 4.90. The number of phenols is 1. The monoisotopic (exact) mass is 327 g/mol. The lowest BCUT2D eigenvalue weighted by molar-refractivity contribution is 0.213. The van der Waals surface area contributed by atoms with Crippen molar-refractivity contribution in [1.29, 1.82) is 0 Å². The van der Waals surface area contributed by atoms with E-state index in [9.17, 15) is 5.11 Å². The molecule has 2 aliphatic heterocycles. The molecule has 2 bridgehead atoms. The zero-order valence-electron chi connectivity index (χ0n) is 14.1. The molecule has 0 aliphatic carbocycles. The van der Waals surface area contributed by atoms with Gasteiger partial charge in [-0.2, -0.15) is 0 Å². The van der Waals surface area contributed by atoms with Crippen LogP contribution in [-0.2, 0) is 13.1 Å². The van der Waals surface area contributed by atoms with E-state index in [2.05, 4.69) is 17.0 Å². The fourth-order valence-corrected chi connectivity index (χ4v) is 3.94. The van der Waals surface area contributed by atoms with Crippen molar-refractivity contribution >= 4 is 0 Å². The number of phenolic OH excluding ortho intramolecular Hbond substituents is 1. The minimum Gasteiger partial charge on any atom is -0.504 e. The fraction of sp³-hybridized carbons (Fsp3) is 0.368. The molecule has 1 N–H and O–H groups in total. The molecule has 24 heavy (non-hydrogen) atoms. The molecule has 5 nitrogen and oxygen atoms in total. The van der Waals surface area contributed by atoms with Crippen LogP contribution in [-0.4, -0.2) is 37.9 Å². The Morgan fingerprint density at radius 2 is 1.38 bits per heavy atom. The van der Waals surface area contributed by atoms with Crippen LogP contribution in [0.4, 0.5) is 0 Å². The first-order valence-electron chi connectivity index (χ1n) is 8.01. The van der Waals surface area contributed by atoms with Crippen molar-refractivity contribution in [3.05, 3.63) is 46.5 Å². The predicted octanol–water partition coefficient (Wildman–Crippen LogP) is 2.88. The minimum atomic E-state index is 0.199. The van der Waals surface area contributed by atoms with E-state index in [1.807, 2.05) is 12.1 Å². The molecule has 0 radical (unpaired) electrons. The van der Waals surface area contributed by atoms with Gasteiger partial charge >= 0.3 is 0 Å². The van der Waals surface area contributed by atoms with Crippen LogP contribution < -0.4 is 14.2 Å². The Bertz CT molecular complexity index is 802. The second kappa shape index (κ2) is 5.60. The second-order valence-electron chi connectivity index (χ2n) is 6.35. The highest BCUT2D eigenvalue weighted by molar-refractivity contribution is 5.56. The largest absolute Gasteiger partial charge is 0.504 e. The van der Waals surface area contributed by atoms with E-state index >= 15 is 0 Å². The van der Waals surface area contributed by atoms with Gasteiger partial charge in [-0.05, 0) is 46.5 Å². The summed E-state index contributed by atoms with van der Waals surface area (Å²) in [5, 5.41) is 10.1. The van der Waals surface area contributed by atoms with Crippen molar-refractivity contribution in [1.82, 2.24) is 4.90 Å². The van der Waals surface area contributed by atoms with Crippen LogP contribution in [0, 0.1) is 0 Å². The van der Waals surface area contributed by atoms with Gasteiger partial charge in [0.05, 0.1) is 21.3 Å². The van der Waals surface area contributed by atoms with Crippen LogP contribution >= 0.6 is 0 Å². The van der Waals surface area contributed by atoms with Crippen LogP contribution in [0.15, 0.2) is 24.3 Å². The van der Waals surface area contributed by atoms with Gasteiger partial charge in [0.1, 0.15) is 0 Å². The Morgan fingerprint density at radius 3 is 2.00 bits per heavy atom. The van der Waals surface area contributed by atoms with Gasteiger partial charge in [-0.3, -0.25) is 4.90 Å². The van der Waals surface area contributed by atoms with E-state index in [1.165, 1.54) is 16.7 Å². The topological polar surface area (TPSA) is 51.2 Å². The molecule has 0 saturated carbocycles. The van der Waals surface area contributed by atoms with Gasteiger partial charge in [0.15, 0.2) is 23.0 Å². The lowest BCUT2D eigenvalue weighted by Crippen LogP contribution is -2.38. The van der Waals surface area contributed by atoms with Gasteiger partial charge in [-0.1, -0.05) is 0 Å². The summed E-state index contributed by atoms with van der Waals surface area (Å²) in [5.74, 6) is 2.48. The SMILES string of the molecule is COc1cc2c(cc1O)CN1Cc3cc(OC)c(OC)cc3[C@H]2C1. The number of ether oxygens (including phenoxy) is 3. The van der Waals surface area contributed by atoms with Crippen molar-refractivity contribution in [3.63, 3.8) is 0 Å². The van der Waals surface area contributed by atoms with Gasteiger partial charge in [0.25, 0.3) is 0 Å². The summed E-state index contributed by atoms with van der Waals surface area (Å²) in [6.07, 6.45) is 0. The average Bonchev–Trinajstić information content (AvgIpc) is 2.60. The molecule has 5 heteroatoms. The lowest BCUT2D eigenvalue weighted by Gasteiger charge is -2.41. The third-order valence-electron chi connectivity index (χ3n) is 5.07. The number of aromatic hydroxyl groups is 1. The molecule has 2 aromatic rings. The van der Waals surface area contributed by atoms with Gasteiger partial charge < -0.3 is 19.3 Å². The number of nitrogens with zero attached hydrogens (tertiary/aromatic N) is 1. The van der Waals surface area contributed by atoms with Crippen LogP contribution in [0.25, 0.3) is 0 Å². The second-order valence-corrected chi connectivity index (χ2v) is 6.35. The number of hydrogen-bond acceptors (Lipinski definition) is 5. The summed E-state index contributed by atoms with van der Waals surface area (Å²) in [7, 11) is 4.91. The number of fused-ring (bicyclic) bond motifs is 6. The molecule has 2 heterocycles. The maximum Gasteiger partial charge on any atom is 0.161 e. The van der Waals surface area contributed by atoms with Crippen molar-refractivity contribution in [2.75, 3.05) is 27.9 Å². The third kappa shape index (κ3) is 2.19. The molecule has 0 saturated heterocycles. The van der Waals surface area contributed by atoms with Crippen LogP contribution in [0.5, 0.6) is 23.0 Å². The van der Waals surface area contributed by atoms with Gasteiger partial charge in [0.2, 0.25) is 0 Å². The first-order valence-corrected chi connectivity index (χ1v) is 8.01. The summed E-state index contributed by atoms with van der Waals surface area (Å²) >= 11 is 0. The standard InChI is InChI=1S/C19H21NO4/c1-22-17-6-13-11(4-16(17)21)8-20-9-12-5-18(23-2)19(24-3)7-14(12)15(13)10-20/h4-7,15,21H,8-10H2,1-3H3/t15-/m0/s1. The molecular weight excluding hydrogens is 306 g/mol. The zero-order chi connectivity index (χ0) is 16.8. The summed E-state index contributed by atoms with van der Waals surface area (Å²) < 4.78 is 16.2. The molecule has 1 unspecified atom stereocenters. The van der Waals surface area contributed by atoms with Crippen molar-refractivity contribution in [2.45, 2.75) is 19.0 Å². The van der Waals surface area contributed by atoms with E-state index in [-0.39, 0.29) is 11.7 Å². The highest BCUT2D eigenvalue weighted by atomic mass is 16.5. The van der Waals surface area contributed by atoms with Gasteiger partial charge in [-0.25, -0.2) is 0 Å². The quantitative estimate of drug-likeness (QED) is 0.939. The number of benzene rings is 2. The molecular formula is C19H21NO4. The Morgan fingerprint density at radius 1 is 0.833 bits per heavy atom. The smallest absolute Gasteiger partial charge is 0.161 e. The van der Waals surface area contributed by atoms with Crippen molar-refractivity contribution in [3.8, 4) is 23.0 Å². The summed E-state index contributed by atoms with van der Waals surface area (Å²) in [6, 6.07) is 7.97. The van der Waals surface area contributed by atoms with E-state index in [0.717, 1.165) is 36.7 Å². The van der Waals surface area contributed by atoms with E-state index < -0.39 is 0 Å². The fourth-order valence-electron chi connectivity index (χ4n) is 3.94. The number of hydrogen-bond donors (Lipinski definition) is 1. The lowest BCUT2D eigenvalue weighted by atomic mass is 9.79. The van der Waals surface area contributed by atoms with Crippen LogP contribution in [0.1, 0.15) is 28.2 Å². The van der Waals surface area contributed by atoms with E-state index in [4.69, 9.17) is 14.2 Å². The van der Waals surface area contributed by atoms with E-state index in [1.54, 1.807) is 21.3 Å². The van der Waals surface area contributed by atoms with Crippen molar-refractivity contribution < 1.29 is 19.3 Å². The zero-order valence-corrected chi connectivity index (χ0v) is 14.1. The third-order valence-corrected chi connectivity index (χ3v) is 5.07. The molecule has 0 spiro atoms. The van der Waals surface area contributed by atoms with Crippen molar-refractivity contribution in [2.24, 2.45) is 0 Å². The maximum atomic E-state index is 10.1. The first-order chi connectivity index (χ1) is 11.6. The highest BCUT2D eigenvalue weighted by Crippen LogP contribution is 2.46. The Hall–Kier alpha value is -2.40. The highest BCUT2D eigenvalue weighted by Gasteiger charge is 2.34. The van der Waals surface area contributed by atoms with Gasteiger partial charge in [0, 0.05) is 25.6 Å². The Balaban J connectivity index is 1.88.